The van der Waals surface area contributed by atoms with E-state index in [2.05, 4.69) is 5.32 Å². The summed E-state index contributed by atoms with van der Waals surface area (Å²) in [6.07, 6.45) is 0. The van der Waals surface area contributed by atoms with Crippen LogP contribution in [-0.4, -0.2) is 6.03 Å². The highest BCUT2D eigenvalue weighted by Crippen LogP contribution is 2.29. The molecule has 0 spiro atoms. The normalized spacial score (nSPS) is 13.4. The number of benzene rings is 2. The highest BCUT2D eigenvalue weighted by molar-refractivity contribution is 6.04. The first-order chi connectivity index (χ1) is 9.69. The molecule has 1 aliphatic heterocycles. The lowest BCUT2D eigenvalue weighted by Gasteiger charge is -2.29. The maximum absolute atomic E-state index is 13.2. The molecule has 0 saturated heterocycles. The Morgan fingerprint density at radius 2 is 2.05 bits per heavy atom. The second kappa shape index (κ2) is 4.67. The minimum Gasteiger partial charge on any atom is -0.307 e. The molecule has 20 heavy (non-hydrogen) atoms. The number of nitrogens with zero attached hydrogens (tertiary/aromatic N) is 2. The molecule has 4 nitrogen and oxygen atoms in total. The Kier molecular flexibility index (Phi) is 2.84. The second-order valence-corrected chi connectivity index (χ2v) is 4.45. The lowest BCUT2D eigenvalue weighted by molar-refractivity contribution is 0.256. The molecule has 1 heterocycles. The number of fused-ring (bicyclic) bond motifs is 1. The van der Waals surface area contributed by atoms with Gasteiger partial charge in [-0.2, -0.15) is 5.26 Å². The largest absolute Gasteiger partial charge is 0.326 e. The van der Waals surface area contributed by atoms with Gasteiger partial charge in [0.05, 0.1) is 17.8 Å². The van der Waals surface area contributed by atoms with Crippen LogP contribution >= 0.6 is 0 Å². The average Bonchev–Trinajstić information content (AvgIpc) is 2.46. The van der Waals surface area contributed by atoms with E-state index in [4.69, 9.17) is 5.26 Å². The Hall–Kier alpha value is -2.87. The van der Waals surface area contributed by atoms with Crippen molar-refractivity contribution in [3.8, 4) is 6.07 Å². The van der Waals surface area contributed by atoms with E-state index >= 15 is 0 Å². The van der Waals surface area contributed by atoms with Gasteiger partial charge in [-0.15, -0.1) is 0 Å². The van der Waals surface area contributed by atoms with Crippen molar-refractivity contribution in [3.05, 3.63) is 59.4 Å². The van der Waals surface area contributed by atoms with Gasteiger partial charge < -0.3 is 5.32 Å². The van der Waals surface area contributed by atoms with Crippen LogP contribution in [0.1, 0.15) is 11.1 Å². The number of hydrogen-bond donors (Lipinski definition) is 1. The van der Waals surface area contributed by atoms with Crippen LogP contribution in [0.2, 0.25) is 0 Å². The third-order valence-corrected chi connectivity index (χ3v) is 3.20. The van der Waals surface area contributed by atoms with Crippen LogP contribution < -0.4 is 10.2 Å². The number of halogens is 1. The maximum atomic E-state index is 13.2. The van der Waals surface area contributed by atoms with Gasteiger partial charge in [-0.3, -0.25) is 4.90 Å². The van der Waals surface area contributed by atoms with Crippen molar-refractivity contribution in [2.24, 2.45) is 0 Å². The molecule has 3 rings (SSSR count). The van der Waals surface area contributed by atoms with Gasteiger partial charge in [0.15, 0.2) is 0 Å². The molecule has 0 fully saturated rings. The minimum atomic E-state index is -0.497. The maximum Gasteiger partial charge on any atom is 0.326 e. The summed E-state index contributed by atoms with van der Waals surface area (Å²) in [7, 11) is 0. The zero-order valence-corrected chi connectivity index (χ0v) is 10.4. The highest BCUT2D eigenvalue weighted by atomic mass is 19.1. The number of carbonyl (C=O) groups excluding carboxylic acids is 1. The van der Waals surface area contributed by atoms with E-state index in [9.17, 15) is 9.18 Å². The van der Waals surface area contributed by atoms with Gasteiger partial charge in [0.25, 0.3) is 0 Å². The van der Waals surface area contributed by atoms with Crippen molar-refractivity contribution in [1.82, 2.24) is 0 Å². The Labute approximate surface area is 115 Å². The van der Waals surface area contributed by atoms with Gasteiger partial charge in [-0.05, 0) is 29.8 Å². The first-order valence-corrected chi connectivity index (χ1v) is 6.05. The molecular formula is C15H10FN3O. The molecule has 0 unspecified atom stereocenters. The zero-order valence-electron chi connectivity index (χ0n) is 10.4. The Bertz CT molecular complexity index is 736. The summed E-state index contributed by atoms with van der Waals surface area (Å²) in [5.41, 5.74) is 2.25. The molecule has 2 amide bonds. The zero-order chi connectivity index (χ0) is 14.1. The summed E-state index contributed by atoms with van der Waals surface area (Å²) < 4.78 is 13.2. The molecule has 0 radical (unpaired) electrons. The van der Waals surface area contributed by atoms with E-state index in [1.807, 2.05) is 30.3 Å². The van der Waals surface area contributed by atoms with E-state index in [0.29, 0.717) is 12.2 Å². The van der Waals surface area contributed by atoms with Crippen molar-refractivity contribution < 1.29 is 9.18 Å². The number of carbonyl (C=O) groups is 1. The average molecular weight is 267 g/mol. The van der Waals surface area contributed by atoms with E-state index in [1.54, 1.807) is 0 Å². The van der Waals surface area contributed by atoms with Crippen molar-refractivity contribution in [2.45, 2.75) is 6.54 Å². The van der Waals surface area contributed by atoms with Crippen molar-refractivity contribution in [1.29, 1.82) is 5.26 Å². The van der Waals surface area contributed by atoms with Crippen LogP contribution in [0.25, 0.3) is 0 Å². The van der Waals surface area contributed by atoms with Gasteiger partial charge in [-0.1, -0.05) is 18.2 Å². The summed E-state index contributed by atoms with van der Waals surface area (Å²) in [5.74, 6) is -0.497. The smallest absolute Gasteiger partial charge is 0.307 e. The molecular weight excluding hydrogens is 257 g/mol. The second-order valence-electron chi connectivity index (χ2n) is 4.45. The van der Waals surface area contributed by atoms with E-state index in [0.717, 1.165) is 17.3 Å². The molecule has 1 aliphatic rings. The molecule has 5 heteroatoms. The minimum absolute atomic E-state index is 0.138. The van der Waals surface area contributed by atoms with Crippen LogP contribution in [0, 0.1) is 17.1 Å². The van der Waals surface area contributed by atoms with Crippen molar-refractivity contribution in [3.63, 3.8) is 0 Å². The Balaban J connectivity index is 2.04. The van der Waals surface area contributed by atoms with E-state index in [-0.39, 0.29) is 11.6 Å². The Morgan fingerprint density at radius 1 is 1.25 bits per heavy atom. The number of rotatable bonds is 1. The van der Waals surface area contributed by atoms with Crippen molar-refractivity contribution in [2.75, 3.05) is 10.2 Å². The number of amides is 2. The molecule has 2 aromatic rings. The van der Waals surface area contributed by atoms with Crippen LogP contribution in [0.4, 0.5) is 20.6 Å². The number of anilines is 2. The van der Waals surface area contributed by atoms with Crippen molar-refractivity contribution >= 4 is 17.4 Å². The summed E-state index contributed by atoms with van der Waals surface area (Å²) in [6.45, 7) is 0.350. The molecule has 98 valence electrons. The third-order valence-electron chi connectivity index (χ3n) is 3.20. The molecule has 0 aromatic heterocycles. The molecule has 0 aliphatic carbocycles. The van der Waals surface area contributed by atoms with Gasteiger partial charge in [0, 0.05) is 5.69 Å². The van der Waals surface area contributed by atoms with Crippen LogP contribution in [0.5, 0.6) is 0 Å². The van der Waals surface area contributed by atoms with Gasteiger partial charge in [-0.25, -0.2) is 9.18 Å². The van der Waals surface area contributed by atoms with E-state index < -0.39 is 5.82 Å². The first-order valence-electron chi connectivity index (χ1n) is 6.05. The third kappa shape index (κ3) is 1.97. The predicted octanol–water partition coefficient (Wildman–Crippen LogP) is 3.25. The van der Waals surface area contributed by atoms with Gasteiger partial charge >= 0.3 is 6.03 Å². The van der Waals surface area contributed by atoms with E-state index in [1.165, 1.54) is 17.0 Å². The van der Waals surface area contributed by atoms with Gasteiger partial charge in [0.2, 0.25) is 0 Å². The SMILES string of the molecule is N#Cc1cc(F)ccc1N1Cc2ccccc2NC1=O. The van der Waals surface area contributed by atoms with Crippen LogP contribution in [-0.2, 0) is 6.54 Å². The summed E-state index contributed by atoms with van der Waals surface area (Å²) in [4.78, 5) is 13.6. The summed E-state index contributed by atoms with van der Waals surface area (Å²) >= 11 is 0. The summed E-state index contributed by atoms with van der Waals surface area (Å²) in [5, 5.41) is 11.8. The first kappa shape index (κ1) is 12.2. The topological polar surface area (TPSA) is 56.1 Å². The lowest BCUT2D eigenvalue weighted by atomic mass is 10.1. The van der Waals surface area contributed by atoms with Gasteiger partial charge in [0.1, 0.15) is 11.9 Å². The fraction of sp³-hybridized carbons (Fsp3) is 0.0667. The highest BCUT2D eigenvalue weighted by Gasteiger charge is 2.25. The van der Waals surface area contributed by atoms with Crippen LogP contribution in [0.3, 0.4) is 0 Å². The Morgan fingerprint density at radius 3 is 2.85 bits per heavy atom. The number of urea groups is 1. The number of para-hydroxylation sites is 1. The van der Waals surface area contributed by atoms with Crippen LogP contribution in [0.15, 0.2) is 42.5 Å². The number of nitriles is 1. The molecule has 0 saturated carbocycles. The number of nitrogens with one attached hydrogen (secondary N) is 1. The fourth-order valence-electron chi connectivity index (χ4n) is 2.23. The molecule has 1 N–H and O–H groups in total. The fourth-order valence-corrected chi connectivity index (χ4v) is 2.23. The lowest BCUT2D eigenvalue weighted by Crippen LogP contribution is -2.39. The quantitative estimate of drug-likeness (QED) is 0.862. The number of hydrogen-bond acceptors (Lipinski definition) is 2. The molecule has 0 atom stereocenters. The monoisotopic (exact) mass is 267 g/mol. The standard InChI is InChI=1S/C15H10FN3O/c16-12-5-6-14(11(7-12)8-17)19-9-10-3-1-2-4-13(10)18-15(19)20/h1-7H,9H2,(H,18,20). The molecule has 2 aromatic carbocycles. The summed E-state index contributed by atoms with van der Waals surface area (Å²) in [6, 6.07) is 12.8. The molecule has 0 bridgehead atoms. The predicted molar refractivity (Wildman–Crippen MR) is 72.8 cm³/mol.